The van der Waals surface area contributed by atoms with Crippen LogP contribution in [0.5, 0.6) is 0 Å². The number of aliphatic hydroxyl groups is 1. The molecule has 0 unspecified atom stereocenters. The van der Waals surface area contributed by atoms with Gasteiger partial charge in [0.15, 0.2) is 0 Å². The molecule has 4 heteroatoms. The van der Waals surface area contributed by atoms with Crippen molar-refractivity contribution < 1.29 is 14.6 Å². The fraction of sp³-hybridized carbons (Fsp3) is 0.462. The van der Waals surface area contributed by atoms with Gasteiger partial charge < -0.3 is 9.84 Å². The minimum absolute atomic E-state index is 0.0155. The summed E-state index contributed by atoms with van der Waals surface area (Å²) in [5, 5.41) is 11.3. The number of carbonyl (C=O) groups excluding carboxylic acids is 1. The molecule has 0 fully saturated rings. The number of aryl methyl sites for hydroxylation is 2. The Labute approximate surface area is 102 Å². The molecule has 17 heavy (non-hydrogen) atoms. The van der Waals surface area contributed by atoms with Crippen LogP contribution in [-0.4, -0.2) is 24.4 Å². The Morgan fingerprint density at radius 2 is 1.88 bits per heavy atom. The first-order valence-corrected chi connectivity index (χ1v) is 5.88. The Hall–Kier alpha value is -1.55. The first-order valence-electron chi connectivity index (χ1n) is 5.88. The maximum Gasteiger partial charge on any atom is 0.411 e. The molecule has 2 N–H and O–H groups in total. The molecule has 0 radical (unpaired) electrons. The quantitative estimate of drug-likeness (QED) is 0.826. The molecule has 1 rings (SSSR count). The van der Waals surface area contributed by atoms with Gasteiger partial charge in [-0.25, -0.2) is 4.79 Å². The summed E-state index contributed by atoms with van der Waals surface area (Å²) in [5.74, 6) is 0. The monoisotopic (exact) mass is 237 g/mol. The van der Waals surface area contributed by atoms with Crippen LogP contribution in [0.4, 0.5) is 10.5 Å². The van der Waals surface area contributed by atoms with E-state index in [0.29, 0.717) is 0 Å². The normalized spacial score (nSPS) is 10.1. The van der Waals surface area contributed by atoms with Gasteiger partial charge >= 0.3 is 6.09 Å². The second-order valence-corrected chi connectivity index (χ2v) is 3.64. The second-order valence-electron chi connectivity index (χ2n) is 3.64. The molecule has 1 aromatic carbocycles. The van der Waals surface area contributed by atoms with Crippen molar-refractivity contribution in [2.45, 2.75) is 26.7 Å². The number of para-hydroxylation sites is 1. The number of ether oxygens (including phenoxy) is 1. The van der Waals surface area contributed by atoms with Gasteiger partial charge in [0.2, 0.25) is 0 Å². The molecule has 1 amide bonds. The van der Waals surface area contributed by atoms with Gasteiger partial charge in [0.05, 0.1) is 12.3 Å². The summed E-state index contributed by atoms with van der Waals surface area (Å²) in [6.45, 7) is 3.93. The van der Waals surface area contributed by atoms with Crippen molar-refractivity contribution in [3.8, 4) is 0 Å². The average Bonchev–Trinajstić information content (AvgIpc) is 2.36. The zero-order valence-corrected chi connectivity index (χ0v) is 10.3. The Balaban J connectivity index is 2.83. The predicted molar refractivity (Wildman–Crippen MR) is 67.3 cm³/mol. The summed E-state index contributed by atoms with van der Waals surface area (Å²) in [6, 6.07) is 5.96. The standard InChI is InChI=1S/C13H19NO3/c1-3-10-6-5-7-11(4-2)12(10)14-13(16)17-9-8-15/h5-7,15H,3-4,8-9H2,1-2H3,(H,14,16). The van der Waals surface area contributed by atoms with Gasteiger partial charge in [-0.05, 0) is 24.0 Å². The summed E-state index contributed by atoms with van der Waals surface area (Å²) in [6.07, 6.45) is 1.18. The zero-order chi connectivity index (χ0) is 12.7. The van der Waals surface area contributed by atoms with Crippen molar-refractivity contribution in [1.29, 1.82) is 0 Å². The first kappa shape index (κ1) is 13.5. The molecule has 94 valence electrons. The lowest BCUT2D eigenvalue weighted by Crippen LogP contribution is -2.17. The van der Waals surface area contributed by atoms with E-state index < -0.39 is 6.09 Å². The number of nitrogens with one attached hydrogen (secondary N) is 1. The Morgan fingerprint density at radius 3 is 2.35 bits per heavy atom. The van der Waals surface area contributed by atoms with Crippen LogP contribution >= 0.6 is 0 Å². The molecule has 0 saturated heterocycles. The van der Waals surface area contributed by atoms with E-state index >= 15 is 0 Å². The topological polar surface area (TPSA) is 58.6 Å². The van der Waals surface area contributed by atoms with Crippen molar-refractivity contribution in [2.75, 3.05) is 18.5 Å². The third-order valence-corrected chi connectivity index (χ3v) is 2.55. The summed E-state index contributed by atoms with van der Waals surface area (Å²) in [5.41, 5.74) is 3.01. The fourth-order valence-electron chi connectivity index (χ4n) is 1.68. The van der Waals surface area contributed by atoms with E-state index in [2.05, 4.69) is 5.32 Å². The second kappa shape index (κ2) is 6.91. The van der Waals surface area contributed by atoms with Crippen LogP contribution in [0.15, 0.2) is 18.2 Å². The van der Waals surface area contributed by atoms with Gasteiger partial charge in [0, 0.05) is 0 Å². The van der Waals surface area contributed by atoms with Gasteiger partial charge in [-0.1, -0.05) is 32.0 Å². The molecule has 0 aliphatic carbocycles. The fourth-order valence-corrected chi connectivity index (χ4v) is 1.68. The molecule has 0 atom stereocenters. The molecular weight excluding hydrogens is 218 g/mol. The molecule has 0 bridgehead atoms. The average molecular weight is 237 g/mol. The molecule has 1 aromatic rings. The number of amides is 1. The number of anilines is 1. The summed E-state index contributed by atoms with van der Waals surface area (Å²) in [4.78, 5) is 11.5. The van der Waals surface area contributed by atoms with Crippen molar-refractivity contribution in [3.63, 3.8) is 0 Å². The van der Waals surface area contributed by atoms with E-state index in [4.69, 9.17) is 9.84 Å². The minimum atomic E-state index is -0.519. The van der Waals surface area contributed by atoms with Crippen LogP contribution in [0.3, 0.4) is 0 Å². The molecule has 0 aromatic heterocycles. The van der Waals surface area contributed by atoms with Crippen LogP contribution in [0.1, 0.15) is 25.0 Å². The van der Waals surface area contributed by atoms with E-state index in [1.807, 2.05) is 32.0 Å². The van der Waals surface area contributed by atoms with Gasteiger partial charge in [-0.2, -0.15) is 0 Å². The number of aliphatic hydroxyl groups excluding tert-OH is 1. The third kappa shape index (κ3) is 3.75. The molecular formula is C13H19NO3. The van der Waals surface area contributed by atoms with Crippen molar-refractivity contribution in [2.24, 2.45) is 0 Å². The number of benzene rings is 1. The minimum Gasteiger partial charge on any atom is -0.447 e. The van der Waals surface area contributed by atoms with Crippen LogP contribution < -0.4 is 5.32 Å². The largest absolute Gasteiger partial charge is 0.447 e. The highest BCUT2D eigenvalue weighted by Gasteiger charge is 2.10. The Kier molecular flexibility index (Phi) is 5.49. The van der Waals surface area contributed by atoms with Crippen molar-refractivity contribution in [3.05, 3.63) is 29.3 Å². The smallest absolute Gasteiger partial charge is 0.411 e. The van der Waals surface area contributed by atoms with Gasteiger partial charge in [0.25, 0.3) is 0 Å². The molecule has 0 spiro atoms. The number of rotatable bonds is 5. The van der Waals surface area contributed by atoms with E-state index in [9.17, 15) is 4.79 Å². The highest BCUT2D eigenvalue weighted by atomic mass is 16.6. The molecule has 0 heterocycles. The van der Waals surface area contributed by atoms with E-state index in [1.165, 1.54) is 0 Å². The SMILES string of the molecule is CCc1cccc(CC)c1NC(=O)OCCO. The lowest BCUT2D eigenvalue weighted by atomic mass is 10.0. The predicted octanol–water partition coefficient (Wildman–Crippen LogP) is 2.35. The van der Waals surface area contributed by atoms with Crippen LogP contribution in [0.25, 0.3) is 0 Å². The Morgan fingerprint density at radius 1 is 1.29 bits per heavy atom. The highest BCUT2D eigenvalue weighted by Crippen LogP contribution is 2.22. The Bertz CT molecular complexity index is 355. The van der Waals surface area contributed by atoms with Crippen LogP contribution in [0.2, 0.25) is 0 Å². The van der Waals surface area contributed by atoms with Crippen LogP contribution in [0, 0.1) is 0 Å². The summed E-state index contributed by atoms with van der Waals surface area (Å²) >= 11 is 0. The van der Waals surface area contributed by atoms with Gasteiger partial charge in [0.1, 0.15) is 6.61 Å². The third-order valence-electron chi connectivity index (χ3n) is 2.55. The summed E-state index contributed by atoms with van der Waals surface area (Å²) in [7, 11) is 0. The first-order chi connectivity index (χ1) is 8.22. The molecule has 4 nitrogen and oxygen atoms in total. The van der Waals surface area contributed by atoms with Crippen molar-refractivity contribution >= 4 is 11.8 Å². The van der Waals surface area contributed by atoms with Crippen LogP contribution in [-0.2, 0) is 17.6 Å². The summed E-state index contributed by atoms with van der Waals surface area (Å²) < 4.78 is 4.79. The lowest BCUT2D eigenvalue weighted by molar-refractivity contribution is 0.131. The molecule has 0 saturated carbocycles. The number of hydrogen-bond acceptors (Lipinski definition) is 3. The van der Waals surface area contributed by atoms with E-state index in [1.54, 1.807) is 0 Å². The van der Waals surface area contributed by atoms with E-state index in [-0.39, 0.29) is 13.2 Å². The lowest BCUT2D eigenvalue weighted by Gasteiger charge is -2.14. The van der Waals surface area contributed by atoms with Gasteiger partial charge in [-0.3, -0.25) is 5.32 Å². The van der Waals surface area contributed by atoms with E-state index in [0.717, 1.165) is 29.7 Å². The molecule has 0 aliphatic rings. The zero-order valence-electron chi connectivity index (χ0n) is 10.3. The van der Waals surface area contributed by atoms with Gasteiger partial charge in [-0.15, -0.1) is 0 Å². The maximum atomic E-state index is 11.5. The maximum absolute atomic E-state index is 11.5. The highest BCUT2D eigenvalue weighted by molar-refractivity contribution is 5.87. The van der Waals surface area contributed by atoms with Crippen molar-refractivity contribution in [1.82, 2.24) is 0 Å². The number of carbonyl (C=O) groups is 1. The number of hydrogen-bond donors (Lipinski definition) is 2. The molecule has 0 aliphatic heterocycles.